The summed E-state index contributed by atoms with van der Waals surface area (Å²) in [6.07, 6.45) is 3.21. The number of hydrogen-bond donors (Lipinski definition) is 1. The molecule has 0 spiro atoms. The summed E-state index contributed by atoms with van der Waals surface area (Å²) >= 11 is 0. The highest BCUT2D eigenvalue weighted by molar-refractivity contribution is 6.11. The molecule has 0 bridgehead atoms. The summed E-state index contributed by atoms with van der Waals surface area (Å²) in [6.45, 7) is 18.2. The number of rotatable bonds is 5. The molecule has 28 heavy (non-hydrogen) atoms. The monoisotopic (exact) mass is 383 g/mol. The van der Waals surface area contributed by atoms with Crippen LogP contribution in [0.1, 0.15) is 78.0 Å². The van der Waals surface area contributed by atoms with Crippen molar-refractivity contribution < 1.29 is 0 Å². The summed E-state index contributed by atoms with van der Waals surface area (Å²) in [4.78, 5) is 8.90. The van der Waals surface area contributed by atoms with Crippen molar-refractivity contribution in [3.63, 3.8) is 0 Å². The van der Waals surface area contributed by atoms with Crippen LogP contribution in [0.5, 0.6) is 0 Å². The van der Waals surface area contributed by atoms with Crippen LogP contribution in [0.3, 0.4) is 0 Å². The third-order valence-electron chi connectivity index (χ3n) is 3.83. The predicted octanol–water partition coefficient (Wildman–Crippen LogP) is 7.68. The van der Waals surface area contributed by atoms with E-state index in [1.807, 2.05) is 66.8 Å². The smallest absolute Gasteiger partial charge is 0.0705 e. The van der Waals surface area contributed by atoms with Crippen molar-refractivity contribution in [2.45, 2.75) is 75.2 Å². The fourth-order valence-corrected chi connectivity index (χ4v) is 2.46. The maximum atomic E-state index is 7.84. The molecule has 0 saturated heterocycles. The van der Waals surface area contributed by atoms with E-state index in [1.165, 1.54) is 11.1 Å². The van der Waals surface area contributed by atoms with E-state index in [1.54, 1.807) is 7.05 Å². The molecule has 0 atom stereocenters. The minimum atomic E-state index is 0.595. The van der Waals surface area contributed by atoms with Gasteiger partial charge in [-0.15, -0.1) is 0 Å². The van der Waals surface area contributed by atoms with E-state index in [-0.39, 0.29) is 0 Å². The van der Waals surface area contributed by atoms with E-state index in [4.69, 9.17) is 5.41 Å². The number of aliphatic imine (C=N–C) groups is 1. The van der Waals surface area contributed by atoms with Crippen molar-refractivity contribution in [3.8, 4) is 11.3 Å². The first-order valence-electron chi connectivity index (χ1n) is 10.6. The molecule has 0 aliphatic heterocycles. The molecule has 0 aliphatic carbocycles. The van der Waals surface area contributed by atoms with Gasteiger partial charge in [0, 0.05) is 42.2 Å². The summed E-state index contributed by atoms with van der Waals surface area (Å²) in [7, 11) is 1.77. The van der Waals surface area contributed by atoms with E-state index >= 15 is 0 Å². The topological polar surface area (TPSA) is 49.1 Å². The highest BCUT2D eigenvalue weighted by Gasteiger charge is 2.08. The second-order valence-corrected chi connectivity index (χ2v) is 5.55. The third-order valence-corrected chi connectivity index (χ3v) is 3.83. The molecule has 2 rings (SSSR count). The van der Waals surface area contributed by atoms with Gasteiger partial charge in [0.1, 0.15) is 0 Å². The van der Waals surface area contributed by atoms with E-state index < -0.39 is 0 Å². The number of nitrogens with zero attached hydrogens (tertiary/aromatic N) is 2. The zero-order valence-electron chi connectivity index (χ0n) is 19.8. The molecule has 1 aromatic carbocycles. The highest BCUT2D eigenvalue weighted by atomic mass is 14.7. The SMILES string of the molecule is CC.CC.CC.CCC(=N)CC(=NC)c1ccc(-c2ccc(C)cc2C)nc1. The van der Waals surface area contributed by atoms with Gasteiger partial charge in [0.05, 0.1) is 5.69 Å². The van der Waals surface area contributed by atoms with Crippen molar-refractivity contribution in [2.24, 2.45) is 4.99 Å². The summed E-state index contributed by atoms with van der Waals surface area (Å²) in [5, 5.41) is 7.84. The van der Waals surface area contributed by atoms with Gasteiger partial charge < -0.3 is 5.41 Å². The lowest BCUT2D eigenvalue weighted by Gasteiger charge is -2.09. The summed E-state index contributed by atoms with van der Waals surface area (Å²) in [5.74, 6) is 0. The van der Waals surface area contributed by atoms with Crippen molar-refractivity contribution in [1.29, 1.82) is 5.41 Å². The molecule has 156 valence electrons. The summed E-state index contributed by atoms with van der Waals surface area (Å²) < 4.78 is 0. The van der Waals surface area contributed by atoms with E-state index in [0.29, 0.717) is 12.1 Å². The Morgan fingerprint density at radius 1 is 0.964 bits per heavy atom. The van der Waals surface area contributed by atoms with Crippen LogP contribution in [-0.4, -0.2) is 23.5 Å². The maximum Gasteiger partial charge on any atom is 0.0705 e. The molecule has 0 aliphatic rings. The second kappa shape index (κ2) is 16.9. The van der Waals surface area contributed by atoms with Crippen LogP contribution < -0.4 is 0 Å². The fraction of sp³-hybridized carbons (Fsp3) is 0.480. The van der Waals surface area contributed by atoms with Gasteiger partial charge in [-0.3, -0.25) is 9.98 Å². The van der Waals surface area contributed by atoms with Crippen LogP contribution in [0.25, 0.3) is 11.3 Å². The molecule has 3 heteroatoms. The molecule has 0 unspecified atom stereocenters. The standard InChI is InChI=1S/C19H23N3.3C2H6/c1-5-16(20)11-19(21-4)15-7-9-18(22-12-15)17-8-6-13(2)10-14(17)3;3*1-2/h6-10,12,20H,5,11H2,1-4H3;3*1-2H3. The van der Waals surface area contributed by atoms with Crippen molar-refractivity contribution >= 4 is 11.4 Å². The fourth-order valence-electron chi connectivity index (χ4n) is 2.46. The minimum absolute atomic E-state index is 0.595. The Hall–Kier alpha value is -2.29. The Labute approximate surface area is 173 Å². The third kappa shape index (κ3) is 9.07. The Balaban J connectivity index is 0. The van der Waals surface area contributed by atoms with Crippen LogP contribution >= 0.6 is 0 Å². The zero-order valence-corrected chi connectivity index (χ0v) is 19.8. The van der Waals surface area contributed by atoms with Gasteiger partial charge in [-0.05, 0) is 38.0 Å². The van der Waals surface area contributed by atoms with Gasteiger partial charge in [0.15, 0.2) is 0 Å². The number of hydrogen-bond acceptors (Lipinski definition) is 3. The Bertz CT molecular complexity index is 698. The number of benzene rings is 1. The van der Waals surface area contributed by atoms with Gasteiger partial charge >= 0.3 is 0 Å². The van der Waals surface area contributed by atoms with E-state index in [0.717, 1.165) is 29.0 Å². The lowest BCUT2D eigenvalue weighted by atomic mass is 10.0. The van der Waals surface area contributed by atoms with Gasteiger partial charge in [-0.25, -0.2) is 0 Å². The van der Waals surface area contributed by atoms with Crippen molar-refractivity contribution in [3.05, 3.63) is 53.2 Å². The minimum Gasteiger partial charge on any atom is -0.309 e. The molecule has 0 radical (unpaired) electrons. The molecule has 3 nitrogen and oxygen atoms in total. The van der Waals surface area contributed by atoms with Crippen molar-refractivity contribution in [2.75, 3.05) is 7.05 Å². The first-order valence-corrected chi connectivity index (χ1v) is 10.6. The van der Waals surface area contributed by atoms with Gasteiger partial charge in [0.25, 0.3) is 0 Å². The van der Waals surface area contributed by atoms with Gasteiger partial charge in [0.2, 0.25) is 0 Å². The number of aryl methyl sites for hydroxylation is 2. The average Bonchev–Trinajstić information content (AvgIpc) is 2.76. The highest BCUT2D eigenvalue weighted by Crippen LogP contribution is 2.22. The quantitative estimate of drug-likeness (QED) is 0.529. The Morgan fingerprint density at radius 3 is 2.00 bits per heavy atom. The molecule has 2 aromatic rings. The predicted molar refractivity (Wildman–Crippen MR) is 128 cm³/mol. The number of pyridine rings is 1. The molecular weight excluding hydrogens is 342 g/mol. The number of aromatic nitrogens is 1. The Kier molecular flexibility index (Phi) is 16.8. The average molecular weight is 384 g/mol. The zero-order chi connectivity index (χ0) is 22.1. The lowest BCUT2D eigenvalue weighted by Crippen LogP contribution is -2.08. The molecule has 0 saturated carbocycles. The molecule has 1 N–H and O–H groups in total. The first kappa shape index (κ1) is 27.9. The van der Waals surface area contributed by atoms with Crippen molar-refractivity contribution in [1.82, 2.24) is 4.98 Å². The van der Waals surface area contributed by atoms with E-state index in [2.05, 4.69) is 42.0 Å². The van der Waals surface area contributed by atoms with E-state index in [9.17, 15) is 0 Å². The lowest BCUT2D eigenvalue weighted by molar-refractivity contribution is 1.19. The Morgan fingerprint density at radius 2 is 1.57 bits per heavy atom. The van der Waals surface area contributed by atoms with Gasteiger partial charge in [-0.2, -0.15) is 0 Å². The van der Waals surface area contributed by atoms with Crippen LogP contribution in [0.15, 0.2) is 41.5 Å². The molecular formula is C25H41N3. The van der Waals surface area contributed by atoms with Crippen LogP contribution in [-0.2, 0) is 0 Å². The molecule has 1 heterocycles. The van der Waals surface area contributed by atoms with Crippen LogP contribution in [0, 0.1) is 19.3 Å². The summed E-state index contributed by atoms with van der Waals surface area (Å²) in [5.41, 5.74) is 7.24. The molecule has 1 aromatic heterocycles. The summed E-state index contributed by atoms with van der Waals surface area (Å²) in [6, 6.07) is 10.5. The number of nitrogens with one attached hydrogen (secondary N) is 1. The van der Waals surface area contributed by atoms with Crippen LogP contribution in [0.2, 0.25) is 0 Å². The second-order valence-electron chi connectivity index (χ2n) is 5.55. The normalized spacial score (nSPS) is 9.71. The molecule has 0 fully saturated rings. The maximum absolute atomic E-state index is 7.84. The first-order chi connectivity index (χ1) is 13.5. The van der Waals surface area contributed by atoms with Gasteiger partial charge in [-0.1, -0.05) is 72.2 Å². The largest absolute Gasteiger partial charge is 0.309 e. The molecule has 0 amide bonds. The van der Waals surface area contributed by atoms with Crippen LogP contribution in [0.4, 0.5) is 0 Å².